The number of carbonyl (C=O) groups is 3. The van der Waals surface area contributed by atoms with E-state index in [0.717, 1.165) is 109 Å². The number of hydrogen-bond donors (Lipinski definition) is 1. The Balaban J connectivity index is 4.15. The molecule has 0 aliphatic heterocycles. The van der Waals surface area contributed by atoms with E-state index in [4.69, 9.17) is 18.9 Å². The predicted octanol–water partition coefficient (Wildman–Crippen LogP) is 16.6. The second-order valence-corrected chi connectivity index (χ2v) is 19.9. The molecule has 0 saturated heterocycles. The Morgan fingerprint density at radius 3 is 1.20 bits per heavy atom. The molecule has 0 saturated carbocycles. The molecule has 0 rings (SSSR count). The summed E-state index contributed by atoms with van der Waals surface area (Å²) in [5.74, 6) is -2.03. The summed E-state index contributed by atoms with van der Waals surface area (Å²) in [7, 11) is 5.95. The van der Waals surface area contributed by atoms with Gasteiger partial charge in [0, 0.05) is 12.8 Å². The van der Waals surface area contributed by atoms with Crippen LogP contribution in [0.15, 0.2) is 97.2 Å². The molecule has 0 heterocycles. The summed E-state index contributed by atoms with van der Waals surface area (Å²) in [5, 5.41) is 9.68. The number of hydrogen-bond acceptors (Lipinski definition) is 7. The van der Waals surface area contributed by atoms with E-state index in [0.29, 0.717) is 17.4 Å². The first-order chi connectivity index (χ1) is 34.6. The Kier molecular flexibility index (Phi) is 49.7. The minimum atomic E-state index is -1.52. The molecule has 9 nitrogen and oxygen atoms in total. The SMILES string of the molecule is CC/C=C\C/C=C\C/C=C\C/C=C\C/C=C\C/C=C\CCCCCCCCCCCCCCCCC(=O)OC(COC(=O)CCCCCCC/C=C\C/C=C\CCC)COC(OCC[N+](C)(C)C)C(=O)O. The number of rotatable bonds is 51. The topological polar surface area (TPSA) is 108 Å². The van der Waals surface area contributed by atoms with Crippen molar-refractivity contribution in [2.45, 2.75) is 232 Å². The number of allylic oxidation sites excluding steroid dienone is 16. The second kappa shape index (κ2) is 52.5. The average molecular weight is 994 g/mol. The number of quaternary nitrogens is 1. The van der Waals surface area contributed by atoms with Crippen molar-refractivity contribution in [3.8, 4) is 0 Å². The van der Waals surface area contributed by atoms with E-state index >= 15 is 0 Å². The number of likely N-dealkylation sites (N-methyl/N-ethyl adjacent to an activating group) is 1. The van der Waals surface area contributed by atoms with Crippen LogP contribution in [0.4, 0.5) is 0 Å². The molecule has 2 unspecified atom stereocenters. The van der Waals surface area contributed by atoms with Gasteiger partial charge in [0.1, 0.15) is 13.2 Å². The molecule has 0 spiro atoms. The molecule has 1 N–H and O–H groups in total. The fourth-order valence-corrected chi connectivity index (χ4v) is 7.47. The summed E-state index contributed by atoms with van der Waals surface area (Å²) < 4.78 is 22.8. The zero-order valence-electron chi connectivity index (χ0n) is 46.1. The van der Waals surface area contributed by atoms with Crippen LogP contribution in [0.5, 0.6) is 0 Å². The zero-order chi connectivity index (χ0) is 52.0. The molecule has 0 aromatic heterocycles. The largest absolute Gasteiger partial charge is 0.477 e. The predicted molar refractivity (Wildman–Crippen MR) is 299 cm³/mol. The molecule has 0 aromatic rings. The van der Waals surface area contributed by atoms with Gasteiger partial charge in [-0.3, -0.25) is 9.59 Å². The molecule has 0 bridgehead atoms. The van der Waals surface area contributed by atoms with Crippen molar-refractivity contribution in [1.82, 2.24) is 0 Å². The van der Waals surface area contributed by atoms with Crippen molar-refractivity contribution in [3.63, 3.8) is 0 Å². The lowest BCUT2D eigenvalue weighted by atomic mass is 10.0. The molecule has 0 amide bonds. The minimum Gasteiger partial charge on any atom is -0.477 e. The number of esters is 2. The Bertz CT molecular complexity index is 1480. The van der Waals surface area contributed by atoms with Crippen LogP contribution in [0, 0.1) is 0 Å². The van der Waals surface area contributed by atoms with Gasteiger partial charge in [-0.2, -0.15) is 0 Å². The standard InChI is InChI=1S/C62H105NO8/c1-6-8-10-12-14-16-18-20-21-22-23-24-25-26-27-28-29-30-31-32-33-34-35-36-37-38-39-41-43-45-47-49-51-53-60(65)71-58(57-70-62(61(66)67)68-55-54-63(3,4)5)56-69-59(64)52-50-48-46-44-42-40-19-17-15-13-11-9-7-2/h8,10-11,13-14,16-17,19-21,23-24,26-27,29-30,58,62H,6-7,9,12,15,18,22,25,28,31-57H2,1-5H3/p+1/b10-8-,13-11-,16-14-,19-17-,21-20-,24-23-,27-26-,30-29-. The zero-order valence-corrected chi connectivity index (χ0v) is 46.1. The third-order valence-corrected chi connectivity index (χ3v) is 11.8. The first kappa shape index (κ1) is 67.2. The van der Waals surface area contributed by atoms with E-state index < -0.39 is 24.3 Å². The first-order valence-corrected chi connectivity index (χ1v) is 28.4. The summed E-state index contributed by atoms with van der Waals surface area (Å²) in [6.07, 6.45) is 67.8. The minimum absolute atomic E-state index is 0.182. The Morgan fingerprint density at radius 2 is 0.803 bits per heavy atom. The lowest BCUT2D eigenvalue weighted by molar-refractivity contribution is -0.870. The van der Waals surface area contributed by atoms with Gasteiger partial charge >= 0.3 is 17.9 Å². The number of carbonyl (C=O) groups excluding carboxylic acids is 2. The Morgan fingerprint density at radius 1 is 0.437 bits per heavy atom. The number of aliphatic carboxylic acids is 1. The molecule has 2 atom stereocenters. The third kappa shape index (κ3) is 53.8. The fraction of sp³-hybridized carbons (Fsp3) is 0.694. The molecule has 0 aromatic carbocycles. The van der Waals surface area contributed by atoms with E-state index in [1.165, 1.54) is 77.0 Å². The summed E-state index contributed by atoms with van der Waals surface area (Å²) in [6.45, 7) is 4.67. The van der Waals surface area contributed by atoms with Gasteiger partial charge in [-0.05, 0) is 89.9 Å². The Hall–Kier alpha value is -3.79. The van der Waals surface area contributed by atoms with Gasteiger partial charge in [-0.25, -0.2) is 4.79 Å². The first-order valence-electron chi connectivity index (χ1n) is 28.4. The van der Waals surface area contributed by atoms with E-state index in [2.05, 4.69) is 111 Å². The highest BCUT2D eigenvalue weighted by Gasteiger charge is 2.25. The monoisotopic (exact) mass is 993 g/mol. The van der Waals surface area contributed by atoms with Crippen molar-refractivity contribution >= 4 is 17.9 Å². The van der Waals surface area contributed by atoms with Gasteiger partial charge in [-0.15, -0.1) is 0 Å². The van der Waals surface area contributed by atoms with Crippen LogP contribution in [0.25, 0.3) is 0 Å². The van der Waals surface area contributed by atoms with E-state index in [1.807, 2.05) is 21.1 Å². The molecule has 71 heavy (non-hydrogen) atoms. The highest BCUT2D eigenvalue weighted by atomic mass is 16.7. The molecule has 0 fully saturated rings. The van der Waals surface area contributed by atoms with Crippen LogP contribution in [0.1, 0.15) is 219 Å². The van der Waals surface area contributed by atoms with Gasteiger partial charge in [0.25, 0.3) is 6.29 Å². The maximum Gasteiger partial charge on any atom is 0.361 e. The molecule has 0 aliphatic rings. The molecular formula is C62H106NO8+. The van der Waals surface area contributed by atoms with Gasteiger partial charge in [0.15, 0.2) is 6.10 Å². The third-order valence-electron chi connectivity index (χ3n) is 11.8. The van der Waals surface area contributed by atoms with Crippen LogP contribution in [-0.2, 0) is 33.3 Å². The number of unbranched alkanes of at least 4 members (excludes halogenated alkanes) is 20. The highest BCUT2D eigenvalue weighted by Crippen LogP contribution is 2.15. The lowest BCUT2D eigenvalue weighted by Gasteiger charge is -2.25. The molecule has 9 heteroatoms. The summed E-state index contributed by atoms with van der Waals surface area (Å²) in [5.41, 5.74) is 0. The second-order valence-electron chi connectivity index (χ2n) is 19.9. The maximum absolute atomic E-state index is 12.9. The summed E-state index contributed by atoms with van der Waals surface area (Å²) in [6, 6.07) is 0. The maximum atomic E-state index is 12.9. The van der Waals surface area contributed by atoms with Crippen LogP contribution in [0.3, 0.4) is 0 Å². The van der Waals surface area contributed by atoms with Gasteiger partial charge in [0.2, 0.25) is 0 Å². The van der Waals surface area contributed by atoms with Crippen LogP contribution >= 0.6 is 0 Å². The number of nitrogens with zero attached hydrogens (tertiary/aromatic N) is 1. The van der Waals surface area contributed by atoms with Crippen LogP contribution < -0.4 is 0 Å². The fourth-order valence-electron chi connectivity index (χ4n) is 7.47. The number of ether oxygens (including phenoxy) is 4. The van der Waals surface area contributed by atoms with Crippen molar-refractivity contribution in [3.05, 3.63) is 97.2 Å². The smallest absolute Gasteiger partial charge is 0.361 e. The lowest BCUT2D eigenvalue weighted by Crippen LogP contribution is -2.40. The van der Waals surface area contributed by atoms with Gasteiger partial charge < -0.3 is 28.5 Å². The van der Waals surface area contributed by atoms with Crippen LogP contribution in [-0.4, -0.2) is 87.4 Å². The van der Waals surface area contributed by atoms with Crippen molar-refractivity contribution in [2.24, 2.45) is 0 Å². The van der Waals surface area contributed by atoms with Gasteiger partial charge in [-0.1, -0.05) is 214 Å². The van der Waals surface area contributed by atoms with Crippen molar-refractivity contribution < 1.29 is 42.9 Å². The highest BCUT2D eigenvalue weighted by molar-refractivity contribution is 5.71. The molecular weight excluding hydrogens is 887 g/mol. The van der Waals surface area contributed by atoms with E-state index in [9.17, 15) is 19.5 Å². The van der Waals surface area contributed by atoms with Crippen molar-refractivity contribution in [1.29, 1.82) is 0 Å². The molecule has 0 aliphatic carbocycles. The number of carboxylic acid groups (broad SMARTS) is 1. The quantitative estimate of drug-likeness (QED) is 0.0211. The average Bonchev–Trinajstić information content (AvgIpc) is 3.34. The summed E-state index contributed by atoms with van der Waals surface area (Å²) in [4.78, 5) is 37.3. The Labute approximate surface area is 435 Å². The van der Waals surface area contributed by atoms with Gasteiger partial charge in [0.05, 0.1) is 34.4 Å². The normalized spacial score (nSPS) is 13.5. The molecule has 0 radical (unpaired) electrons. The summed E-state index contributed by atoms with van der Waals surface area (Å²) >= 11 is 0. The van der Waals surface area contributed by atoms with Crippen LogP contribution in [0.2, 0.25) is 0 Å². The number of carboxylic acids is 1. The van der Waals surface area contributed by atoms with Crippen molar-refractivity contribution in [2.75, 3.05) is 47.5 Å². The van der Waals surface area contributed by atoms with E-state index in [1.54, 1.807) is 0 Å². The molecule has 406 valence electrons. The van der Waals surface area contributed by atoms with E-state index in [-0.39, 0.29) is 38.6 Å².